The molecule has 1 aliphatic heterocycles. The predicted octanol–water partition coefficient (Wildman–Crippen LogP) is -0.760. The van der Waals surface area contributed by atoms with Crippen LogP contribution in [0.2, 0.25) is 0 Å². The van der Waals surface area contributed by atoms with E-state index in [4.69, 9.17) is 0 Å². The number of amides is 1. The van der Waals surface area contributed by atoms with Crippen LogP contribution in [-0.2, 0) is 0 Å². The van der Waals surface area contributed by atoms with Crippen molar-refractivity contribution in [2.75, 3.05) is 13.1 Å². The number of rotatable bonds is 2. The minimum Gasteiger partial charge on any atom is -0.345 e. The maximum Gasteiger partial charge on any atom is 0.272 e. The second-order valence-electron chi connectivity index (χ2n) is 2.62. The summed E-state index contributed by atoms with van der Waals surface area (Å²) in [6.07, 6.45) is 1.48. The van der Waals surface area contributed by atoms with Crippen LogP contribution in [0.1, 0.15) is 10.5 Å². The van der Waals surface area contributed by atoms with Gasteiger partial charge in [0, 0.05) is 13.1 Å². The molecule has 0 atom stereocenters. The van der Waals surface area contributed by atoms with E-state index in [1.807, 2.05) is 0 Å². The third kappa shape index (κ3) is 1.44. The third-order valence-corrected chi connectivity index (χ3v) is 2.19. The lowest BCUT2D eigenvalue weighted by molar-refractivity contribution is 0.0920. The molecule has 2 heterocycles. The van der Waals surface area contributed by atoms with Crippen LogP contribution >= 0.6 is 11.7 Å². The molecule has 1 aromatic rings. The van der Waals surface area contributed by atoms with Gasteiger partial charge in [0.15, 0.2) is 5.69 Å². The molecular formula is C6H8N4OS. The summed E-state index contributed by atoms with van der Waals surface area (Å²) < 4.78 is 7.57. The highest BCUT2D eigenvalue weighted by atomic mass is 32.1. The summed E-state index contributed by atoms with van der Waals surface area (Å²) in [6, 6.07) is 0.263. The molecule has 1 aliphatic rings. The maximum atomic E-state index is 11.3. The van der Waals surface area contributed by atoms with Crippen molar-refractivity contribution in [3.63, 3.8) is 0 Å². The maximum absolute atomic E-state index is 11.3. The van der Waals surface area contributed by atoms with E-state index in [-0.39, 0.29) is 11.9 Å². The number of hydrogen-bond acceptors (Lipinski definition) is 5. The van der Waals surface area contributed by atoms with Gasteiger partial charge >= 0.3 is 0 Å². The summed E-state index contributed by atoms with van der Waals surface area (Å²) in [7, 11) is 0. The molecule has 1 amide bonds. The second-order valence-corrected chi connectivity index (χ2v) is 3.18. The highest BCUT2D eigenvalue weighted by Gasteiger charge is 2.20. The predicted molar refractivity (Wildman–Crippen MR) is 44.0 cm³/mol. The van der Waals surface area contributed by atoms with E-state index >= 15 is 0 Å². The first kappa shape index (κ1) is 7.63. The number of carbonyl (C=O) groups excluding carboxylic acids is 1. The quantitative estimate of drug-likeness (QED) is 0.634. The van der Waals surface area contributed by atoms with Gasteiger partial charge in [0.2, 0.25) is 0 Å². The van der Waals surface area contributed by atoms with Crippen molar-refractivity contribution >= 4 is 17.6 Å². The zero-order valence-corrected chi connectivity index (χ0v) is 7.10. The molecule has 0 aromatic carbocycles. The molecule has 1 saturated heterocycles. The average Bonchev–Trinajstić information content (AvgIpc) is 2.47. The van der Waals surface area contributed by atoms with Gasteiger partial charge in [0.1, 0.15) is 0 Å². The first-order valence-electron chi connectivity index (χ1n) is 3.65. The van der Waals surface area contributed by atoms with Crippen LogP contribution in [0.5, 0.6) is 0 Å². The van der Waals surface area contributed by atoms with Gasteiger partial charge in [0.25, 0.3) is 5.91 Å². The van der Waals surface area contributed by atoms with E-state index in [2.05, 4.69) is 19.4 Å². The van der Waals surface area contributed by atoms with E-state index in [1.54, 1.807) is 0 Å². The fourth-order valence-corrected chi connectivity index (χ4v) is 1.33. The molecule has 0 unspecified atom stereocenters. The molecule has 1 aromatic heterocycles. The third-order valence-electron chi connectivity index (χ3n) is 1.71. The zero-order chi connectivity index (χ0) is 8.39. The van der Waals surface area contributed by atoms with Crippen LogP contribution in [0.3, 0.4) is 0 Å². The van der Waals surface area contributed by atoms with Crippen molar-refractivity contribution in [3.8, 4) is 0 Å². The van der Waals surface area contributed by atoms with Crippen LogP contribution in [0.4, 0.5) is 0 Å². The van der Waals surface area contributed by atoms with E-state index in [9.17, 15) is 4.79 Å². The lowest BCUT2D eigenvalue weighted by atomic mass is 10.2. The number of nitrogens with zero attached hydrogens (tertiary/aromatic N) is 2. The van der Waals surface area contributed by atoms with Gasteiger partial charge in [-0.1, -0.05) is 0 Å². The first-order valence-corrected chi connectivity index (χ1v) is 4.38. The van der Waals surface area contributed by atoms with E-state index in [1.165, 1.54) is 6.20 Å². The van der Waals surface area contributed by atoms with Crippen molar-refractivity contribution in [1.82, 2.24) is 19.4 Å². The van der Waals surface area contributed by atoms with Crippen LogP contribution in [0.25, 0.3) is 0 Å². The van der Waals surface area contributed by atoms with Crippen molar-refractivity contribution < 1.29 is 4.79 Å². The Kier molecular flexibility index (Phi) is 2.01. The number of nitrogens with one attached hydrogen (secondary N) is 2. The van der Waals surface area contributed by atoms with Gasteiger partial charge < -0.3 is 10.6 Å². The van der Waals surface area contributed by atoms with E-state index < -0.39 is 0 Å². The Balaban J connectivity index is 1.92. The number of hydrogen-bond donors (Lipinski definition) is 2. The molecule has 0 radical (unpaired) electrons. The fraction of sp³-hybridized carbons (Fsp3) is 0.500. The number of aromatic nitrogens is 2. The summed E-state index contributed by atoms with van der Waals surface area (Å²) in [6.45, 7) is 1.70. The van der Waals surface area contributed by atoms with E-state index in [0.29, 0.717) is 5.69 Å². The summed E-state index contributed by atoms with van der Waals surface area (Å²) >= 11 is 1.04. The Hall–Kier alpha value is -1.01. The molecule has 0 bridgehead atoms. The van der Waals surface area contributed by atoms with Crippen molar-refractivity contribution in [2.45, 2.75) is 6.04 Å². The van der Waals surface area contributed by atoms with Crippen molar-refractivity contribution in [3.05, 3.63) is 11.9 Å². The molecule has 2 rings (SSSR count). The molecule has 6 heteroatoms. The highest BCUT2D eigenvalue weighted by molar-refractivity contribution is 6.99. The van der Waals surface area contributed by atoms with Crippen molar-refractivity contribution in [1.29, 1.82) is 0 Å². The lowest BCUT2D eigenvalue weighted by Crippen LogP contribution is -2.56. The van der Waals surface area contributed by atoms with Crippen LogP contribution < -0.4 is 10.6 Å². The topological polar surface area (TPSA) is 66.9 Å². The van der Waals surface area contributed by atoms with Gasteiger partial charge in [-0.25, -0.2) is 0 Å². The summed E-state index contributed by atoms with van der Waals surface area (Å²) in [5, 5.41) is 5.89. The van der Waals surface area contributed by atoms with E-state index in [0.717, 1.165) is 24.8 Å². The zero-order valence-electron chi connectivity index (χ0n) is 6.28. The summed E-state index contributed by atoms with van der Waals surface area (Å²) in [5.74, 6) is -0.129. The molecule has 2 N–H and O–H groups in total. The largest absolute Gasteiger partial charge is 0.345 e. The molecule has 12 heavy (non-hydrogen) atoms. The SMILES string of the molecule is O=C(NC1CNC1)c1cnsn1. The standard InChI is InChI=1S/C6H8N4OS/c11-6(5-3-8-12-10-5)9-4-1-7-2-4/h3-4,7H,1-2H2,(H,9,11). The minimum atomic E-state index is -0.129. The van der Waals surface area contributed by atoms with Gasteiger partial charge in [-0.3, -0.25) is 4.79 Å². The molecule has 1 fully saturated rings. The molecule has 0 aliphatic carbocycles. The average molecular weight is 184 g/mol. The van der Waals surface area contributed by atoms with Crippen LogP contribution in [0.15, 0.2) is 6.20 Å². The van der Waals surface area contributed by atoms with Crippen LogP contribution in [0, 0.1) is 0 Å². The van der Waals surface area contributed by atoms with Crippen LogP contribution in [-0.4, -0.2) is 33.8 Å². The lowest BCUT2D eigenvalue weighted by Gasteiger charge is -2.27. The Morgan fingerprint density at radius 3 is 3.08 bits per heavy atom. The molecular weight excluding hydrogens is 176 g/mol. The minimum absolute atomic E-state index is 0.129. The monoisotopic (exact) mass is 184 g/mol. The molecule has 5 nitrogen and oxygen atoms in total. The Labute approximate surface area is 73.5 Å². The molecule has 64 valence electrons. The summed E-state index contributed by atoms with van der Waals surface area (Å²) in [4.78, 5) is 11.3. The Morgan fingerprint density at radius 2 is 2.58 bits per heavy atom. The number of carbonyl (C=O) groups is 1. The Morgan fingerprint density at radius 1 is 1.75 bits per heavy atom. The second kappa shape index (κ2) is 3.16. The fourth-order valence-electron chi connectivity index (χ4n) is 0.915. The van der Waals surface area contributed by atoms with Crippen molar-refractivity contribution in [2.24, 2.45) is 0 Å². The van der Waals surface area contributed by atoms with Gasteiger partial charge in [0.05, 0.1) is 24.0 Å². The van der Waals surface area contributed by atoms with Gasteiger partial charge in [-0.05, 0) is 0 Å². The smallest absolute Gasteiger partial charge is 0.272 e. The summed E-state index contributed by atoms with van der Waals surface area (Å²) in [5.41, 5.74) is 0.409. The normalized spacial score (nSPS) is 17.0. The van der Waals surface area contributed by atoms with Gasteiger partial charge in [-0.15, -0.1) is 0 Å². The molecule has 0 saturated carbocycles. The first-order chi connectivity index (χ1) is 5.86. The Bertz CT molecular complexity index is 269. The molecule has 0 spiro atoms. The highest BCUT2D eigenvalue weighted by Crippen LogP contribution is 1.97. The van der Waals surface area contributed by atoms with Gasteiger partial charge in [-0.2, -0.15) is 8.75 Å².